The number of benzene rings is 1. The highest BCUT2D eigenvalue weighted by atomic mass is 19.1. The van der Waals surface area contributed by atoms with Crippen LogP contribution in [0.3, 0.4) is 0 Å². The minimum Gasteiger partial charge on any atom is -0.397 e. The number of nitrogens with two attached hydrogens (primary N) is 1. The van der Waals surface area contributed by atoms with Crippen molar-refractivity contribution in [2.75, 3.05) is 24.8 Å². The Hall–Kier alpha value is -1.29. The minimum atomic E-state index is -0.271. The largest absolute Gasteiger partial charge is 0.397 e. The van der Waals surface area contributed by atoms with E-state index in [9.17, 15) is 4.39 Å². The predicted molar refractivity (Wildman–Crippen MR) is 69.7 cm³/mol. The number of halogens is 1. The Bertz CT molecular complexity index is 363. The Labute approximate surface area is 102 Å². The second-order valence-electron chi connectivity index (χ2n) is 4.27. The summed E-state index contributed by atoms with van der Waals surface area (Å²) in [4.78, 5) is 0. The Morgan fingerprint density at radius 2 is 2.18 bits per heavy atom. The Morgan fingerprint density at radius 1 is 1.47 bits per heavy atom. The van der Waals surface area contributed by atoms with Gasteiger partial charge in [-0.1, -0.05) is 13.3 Å². The molecule has 0 bridgehead atoms. The van der Waals surface area contributed by atoms with Crippen LogP contribution in [0.25, 0.3) is 0 Å². The van der Waals surface area contributed by atoms with Gasteiger partial charge in [0.25, 0.3) is 0 Å². The highest BCUT2D eigenvalue weighted by Gasteiger charge is 2.10. The van der Waals surface area contributed by atoms with Gasteiger partial charge < -0.3 is 15.8 Å². The second kappa shape index (κ2) is 6.45. The molecule has 0 aromatic heterocycles. The van der Waals surface area contributed by atoms with Crippen LogP contribution in [0.15, 0.2) is 12.1 Å². The minimum absolute atomic E-state index is 0.206. The molecule has 3 N–H and O–H groups in total. The Kier molecular flexibility index (Phi) is 5.22. The SMILES string of the molecule is CCCC(COC)Nc1cc(C)c(F)cc1N. The van der Waals surface area contributed by atoms with E-state index in [4.69, 9.17) is 10.5 Å². The van der Waals surface area contributed by atoms with Gasteiger partial charge in [-0.2, -0.15) is 0 Å². The number of aryl methyl sites for hydroxylation is 1. The highest BCUT2D eigenvalue weighted by Crippen LogP contribution is 2.23. The quantitative estimate of drug-likeness (QED) is 0.751. The van der Waals surface area contributed by atoms with Crippen molar-refractivity contribution < 1.29 is 9.13 Å². The van der Waals surface area contributed by atoms with Gasteiger partial charge >= 0.3 is 0 Å². The molecule has 0 saturated carbocycles. The number of anilines is 2. The summed E-state index contributed by atoms with van der Waals surface area (Å²) < 4.78 is 18.4. The zero-order valence-electron chi connectivity index (χ0n) is 10.7. The number of hydrogen-bond acceptors (Lipinski definition) is 3. The van der Waals surface area contributed by atoms with Gasteiger partial charge in [-0.15, -0.1) is 0 Å². The van der Waals surface area contributed by atoms with Crippen molar-refractivity contribution in [3.63, 3.8) is 0 Å². The fourth-order valence-corrected chi connectivity index (χ4v) is 1.79. The summed E-state index contributed by atoms with van der Waals surface area (Å²) >= 11 is 0. The summed E-state index contributed by atoms with van der Waals surface area (Å²) in [5, 5.41) is 3.30. The first-order valence-corrected chi connectivity index (χ1v) is 5.89. The zero-order chi connectivity index (χ0) is 12.8. The normalized spacial score (nSPS) is 12.5. The predicted octanol–water partition coefficient (Wildman–Crippen LogP) is 2.94. The average molecular weight is 240 g/mol. The molecule has 0 spiro atoms. The number of nitrogen functional groups attached to an aromatic ring is 1. The van der Waals surface area contributed by atoms with E-state index < -0.39 is 0 Å². The number of nitrogens with one attached hydrogen (secondary N) is 1. The molecule has 0 aliphatic heterocycles. The van der Waals surface area contributed by atoms with Crippen molar-refractivity contribution in [2.24, 2.45) is 0 Å². The van der Waals surface area contributed by atoms with Gasteiger partial charge in [-0.05, 0) is 31.0 Å². The third-order valence-corrected chi connectivity index (χ3v) is 2.70. The first kappa shape index (κ1) is 13.8. The van der Waals surface area contributed by atoms with Gasteiger partial charge in [0.05, 0.1) is 18.0 Å². The molecule has 3 nitrogen and oxygen atoms in total. The molecule has 0 amide bonds. The van der Waals surface area contributed by atoms with E-state index in [0.717, 1.165) is 18.5 Å². The summed E-state index contributed by atoms with van der Waals surface area (Å²) in [5.41, 5.74) is 7.59. The maximum atomic E-state index is 13.3. The third-order valence-electron chi connectivity index (χ3n) is 2.70. The van der Waals surface area contributed by atoms with E-state index in [1.54, 1.807) is 20.1 Å². The van der Waals surface area contributed by atoms with Gasteiger partial charge in [-0.25, -0.2) is 4.39 Å². The van der Waals surface area contributed by atoms with Crippen LogP contribution in [0.1, 0.15) is 25.3 Å². The number of methoxy groups -OCH3 is 1. The molecule has 1 rings (SSSR count). The molecule has 1 unspecified atom stereocenters. The molecule has 0 aliphatic rings. The monoisotopic (exact) mass is 240 g/mol. The molecule has 0 saturated heterocycles. The lowest BCUT2D eigenvalue weighted by Gasteiger charge is -2.20. The van der Waals surface area contributed by atoms with Gasteiger partial charge in [0, 0.05) is 13.2 Å². The van der Waals surface area contributed by atoms with Crippen LogP contribution < -0.4 is 11.1 Å². The Balaban J connectivity index is 2.81. The third kappa shape index (κ3) is 3.89. The molecule has 0 radical (unpaired) electrons. The van der Waals surface area contributed by atoms with E-state index in [1.165, 1.54) is 6.07 Å². The van der Waals surface area contributed by atoms with Crippen LogP contribution in [0.2, 0.25) is 0 Å². The van der Waals surface area contributed by atoms with Crippen LogP contribution >= 0.6 is 0 Å². The topological polar surface area (TPSA) is 47.3 Å². The first-order chi connectivity index (χ1) is 8.08. The van der Waals surface area contributed by atoms with Crippen LogP contribution in [-0.2, 0) is 4.74 Å². The zero-order valence-corrected chi connectivity index (χ0v) is 10.7. The lowest BCUT2D eigenvalue weighted by Crippen LogP contribution is -2.25. The number of rotatable bonds is 6. The van der Waals surface area contributed by atoms with Crippen molar-refractivity contribution in [1.29, 1.82) is 0 Å². The Morgan fingerprint density at radius 3 is 2.76 bits per heavy atom. The van der Waals surface area contributed by atoms with Gasteiger partial charge in [0.2, 0.25) is 0 Å². The molecule has 17 heavy (non-hydrogen) atoms. The molecule has 4 heteroatoms. The molecule has 96 valence electrons. The molecule has 1 atom stereocenters. The number of hydrogen-bond donors (Lipinski definition) is 2. The van der Waals surface area contributed by atoms with Crippen molar-refractivity contribution in [3.05, 3.63) is 23.5 Å². The van der Waals surface area contributed by atoms with Crippen LogP contribution in [0.5, 0.6) is 0 Å². The highest BCUT2D eigenvalue weighted by molar-refractivity contribution is 5.67. The molecule has 1 aromatic rings. The van der Waals surface area contributed by atoms with E-state index in [2.05, 4.69) is 12.2 Å². The van der Waals surface area contributed by atoms with Crippen molar-refractivity contribution >= 4 is 11.4 Å². The molecular weight excluding hydrogens is 219 g/mol. The van der Waals surface area contributed by atoms with Gasteiger partial charge in [0.15, 0.2) is 0 Å². The van der Waals surface area contributed by atoms with E-state index in [1.807, 2.05) is 0 Å². The smallest absolute Gasteiger partial charge is 0.128 e. The maximum Gasteiger partial charge on any atom is 0.128 e. The number of ether oxygens (including phenoxy) is 1. The van der Waals surface area contributed by atoms with Crippen LogP contribution in [0, 0.1) is 12.7 Å². The average Bonchev–Trinajstić information content (AvgIpc) is 2.26. The lowest BCUT2D eigenvalue weighted by atomic mass is 10.1. The van der Waals surface area contributed by atoms with Gasteiger partial charge in [0.1, 0.15) is 5.82 Å². The fourth-order valence-electron chi connectivity index (χ4n) is 1.79. The molecular formula is C13H21FN2O. The van der Waals surface area contributed by atoms with Gasteiger partial charge in [-0.3, -0.25) is 0 Å². The molecule has 1 aromatic carbocycles. The summed E-state index contributed by atoms with van der Waals surface area (Å²) in [5.74, 6) is -0.271. The summed E-state index contributed by atoms with van der Waals surface area (Å²) in [6, 6.07) is 3.30. The molecule has 0 fully saturated rings. The van der Waals surface area contributed by atoms with E-state index in [-0.39, 0.29) is 11.9 Å². The van der Waals surface area contributed by atoms with E-state index >= 15 is 0 Å². The van der Waals surface area contributed by atoms with Crippen molar-refractivity contribution in [2.45, 2.75) is 32.7 Å². The first-order valence-electron chi connectivity index (χ1n) is 5.89. The molecule has 0 aliphatic carbocycles. The second-order valence-corrected chi connectivity index (χ2v) is 4.27. The maximum absolute atomic E-state index is 13.3. The lowest BCUT2D eigenvalue weighted by molar-refractivity contribution is 0.182. The summed E-state index contributed by atoms with van der Waals surface area (Å²) in [6.45, 7) is 4.46. The standard InChI is InChI=1S/C13H21FN2O/c1-4-5-10(8-17-3)16-13-6-9(2)11(14)7-12(13)15/h6-7,10,16H,4-5,8,15H2,1-3H3. The van der Waals surface area contributed by atoms with Crippen LogP contribution in [-0.4, -0.2) is 19.8 Å². The van der Waals surface area contributed by atoms with E-state index in [0.29, 0.717) is 17.9 Å². The summed E-state index contributed by atoms with van der Waals surface area (Å²) in [7, 11) is 1.67. The fraction of sp³-hybridized carbons (Fsp3) is 0.538. The van der Waals surface area contributed by atoms with Crippen LogP contribution in [0.4, 0.5) is 15.8 Å². The molecule has 0 heterocycles. The summed E-state index contributed by atoms with van der Waals surface area (Å²) in [6.07, 6.45) is 2.05. The van der Waals surface area contributed by atoms with Crippen molar-refractivity contribution in [3.8, 4) is 0 Å². The van der Waals surface area contributed by atoms with Crippen molar-refractivity contribution in [1.82, 2.24) is 0 Å².